The summed E-state index contributed by atoms with van der Waals surface area (Å²) in [5, 5.41) is 9.70. The van der Waals surface area contributed by atoms with Crippen molar-refractivity contribution in [3.63, 3.8) is 0 Å². The maximum absolute atomic E-state index is 11.6. The van der Waals surface area contributed by atoms with Gasteiger partial charge in [0.25, 0.3) is 0 Å². The van der Waals surface area contributed by atoms with Gasteiger partial charge in [-0.3, -0.25) is 0 Å². The number of aliphatic hydroxyl groups is 1. The lowest BCUT2D eigenvalue weighted by atomic mass is 9.98. The predicted molar refractivity (Wildman–Crippen MR) is 90.4 cm³/mol. The smallest absolute Gasteiger partial charge is 0.218 e. The zero-order chi connectivity index (χ0) is 17.4. The van der Waals surface area contributed by atoms with Crippen LogP contribution in [0.1, 0.15) is 17.2 Å². The molecule has 0 aromatic heterocycles. The molecule has 2 atom stereocenters. The Hall–Kier alpha value is -2.22. The van der Waals surface area contributed by atoms with Gasteiger partial charge >= 0.3 is 0 Å². The number of rotatable bonds is 4. The molecule has 3 N–H and O–H groups in total. The highest BCUT2D eigenvalue weighted by Gasteiger charge is 2.44. The van der Waals surface area contributed by atoms with E-state index in [2.05, 4.69) is 4.99 Å². The summed E-state index contributed by atoms with van der Waals surface area (Å²) in [5.74, 6) is 0.351. The number of aliphatic imine (C=N–C) groups is 1. The minimum absolute atomic E-state index is 0.208. The van der Waals surface area contributed by atoms with Crippen LogP contribution in [0.4, 0.5) is 0 Å². The Kier molecular flexibility index (Phi) is 4.16. The Labute approximate surface area is 140 Å². The van der Waals surface area contributed by atoms with Gasteiger partial charge in [-0.25, -0.2) is 13.4 Å². The van der Waals surface area contributed by atoms with Gasteiger partial charge in [0, 0.05) is 11.8 Å². The van der Waals surface area contributed by atoms with E-state index in [1.807, 2.05) is 30.3 Å². The minimum atomic E-state index is -3.28. The zero-order valence-corrected chi connectivity index (χ0v) is 13.9. The van der Waals surface area contributed by atoms with Crippen LogP contribution in [-0.2, 0) is 14.6 Å². The number of hydrogen-bond donors (Lipinski definition) is 2. The third-order valence-electron chi connectivity index (χ3n) is 3.88. The Balaban J connectivity index is 1.94. The fourth-order valence-corrected chi connectivity index (χ4v) is 3.20. The summed E-state index contributed by atoms with van der Waals surface area (Å²) in [5.41, 5.74) is 6.29. The van der Waals surface area contributed by atoms with Crippen LogP contribution in [0.3, 0.4) is 0 Å². The highest BCUT2D eigenvalue weighted by molar-refractivity contribution is 7.90. The molecular formula is C17H18N2O4S. The largest absolute Gasteiger partial charge is 0.465 e. The van der Waals surface area contributed by atoms with Crippen LogP contribution in [0.25, 0.3) is 0 Å². The second-order valence-electron chi connectivity index (χ2n) is 5.77. The van der Waals surface area contributed by atoms with Gasteiger partial charge in [-0.1, -0.05) is 30.3 Å². The molecule has 0 radical (unpaired) electrons. The van der Waals surface area contributed by atoms with Crippen LogP contribution in [0.5, 0.6) is 0 Å². The van der Waals surface area contributed by atoms with E-state index in [-0.39, 0.29) is 4.90 Å². The Morgan fingerprint density at radius 3 is 2.33 bits per heavy atom. The summed E-state index contributed by atoms with van der Waals surface area (Å²) < 4.78 is 29.0. The van der Waals surface area contributed by atoms with Gasteiger partial charge in [-0.2, -0.15) is 0 Å². The minimum Gasteiger partial charge on any atom is -0.465 e. The number of nitrogens with two attached hydrogens (primary N) is 1. The van der Waals surface area contributed by atoms with Gasteiger partial charge in [0.05, 0.1) is 11.5 Å². The molecule has 0 bridgehead atoms. The summed E-state index contributed by atoms with van der Waals surface area (Å²) >= 11 is 0. The first-order chi connectivity index (χ1) is 11.3. The Morgan fingerprint density at radius 1 is 1.17 bits per heavy atom. The van der Waals surface area contributed by atoms with Crippen molar-refractivity contribution in [2.75, 3.05) is 12.9 Å². The van der Waals surface area contributed by atoms with Crippen molar-refractivity contribution >= 4 is 15.7 Å². The van der Waals surface area contributed by atoms with Crippen LogP contribution in [0.15, 0.2) is 64.5 Å². The van der Waals surface area contributed by atoms with E-state index in [1.165, 1.54) is 12.1 Å². The van der Waals surface area contributed by atoms with E-state index in [9.17, 15) is 13.5 Å². The van der Waals surface area contributed by atoms with E-state index in [0.29, 0.717) is 11.5 Å². The lowest BCUT2D eigenvalue weighted by Gasteiger charge is -2.25. The average molecular weight is 346 g/mol. The van der Waals surface area contributed by atoms with Crippen molar-refractivity contribution in [3.05, 3.63) is 65.7 Å². The van der Waals surface area contributed by atoms with Gasteiger partial charge in [-0.15, -0.1) is 0 Å². The normalized spacial score (nSPS) is 23.6. The third kappa shape index (κ3) is 3.06. The molecule has 2 aromatic carbocycles. The van der Waals surface area contributed by atoms with Crippen LogP contribution < -0.4 is 5.73 Å². The number of hydrogen-bond acceptors (Lipinski definition) is 6. The molecule has 24 heavy (non-hydrogen) atoms. The van der Waals surface area contributed by atoms with Gasteiger partial charge in [-0.05, 0) is 29.8 Å². The molecule has 1 aliphatic heterocycles. The van der Waals surface area contributed by atoms with Crippen molar-refractivity contribution in [1.82, 2.24) is 0 Å². The maximum atomic E-state index is 11.6. The first kappa shape index (κ1) is 16.6. The fourth-order valence-electron chi connectivity index (χ4n) is 2.57. The van der Waals surface area contributed by atoms with Crippen molar-refractivity contribution < 1.29 is 18.3 Å². The summed E-state index contributed by atoms with van der Waals surface area (Å²) in [6, 6.07) is 15.5. The number of benzene rings is 2. The number of ether oxygens (including phenoxy) is 1. The van der Waals surface area contributed by atoms with E-state index in [1.54, 1.807) is 12.1 Å². The molecule has 0 spiro atoms. The second-order valence-corrected chi connectivity index (χ2v) is 7.79. The van der Waals surface area contributed by atoms with Crippen molar-refractivity contribution in [3.8, 4) is 0 Å². The van der Waals surface area contributed by atoms with Crippen molar-refractivity contribution in [1.29, 1.82) is 0 Å². The lowest BCUT2D eigenvalue weighted by Crippen LogP contribution is -2.45. The SMILES string of the molecule is CS(=O)(=O)c1ccc([C@@H]2OC(c3ccccc3)=N[C@]2(N)CO)cc1. The highest BCUT2D eigenvalue weighted by Crippen LogP contribution is 2.36. The topological polar surface area (TPSA) is 102 Å². The molecular weight excluding hydrogens is 328 g/mol. The van der Waals surface area contributed by atoms with Crippen molar-refractivity contribution in [2.24, 2.45) is 10.7 Å². The van der Waals surface area contributed by atoms with Crippen LogP contribution in [0, 0.1) is 0 Å². The average Bonchev–Trinajstić information content (AvgIpc) is 2.93. The maximum Gasteiger partial charge on any atom is 0.218 e. The molecule has 0 saturated carbocycles. The molecule has 7 heteroatoms. The van der Waals surface area contributed by atoms with Gasteiger partial charge in [0.15, 0.2) is 21.6 Å². The van der Waals surface area contributed by atoms with Crippen LogP contribution in [0.2, 0.25) is 0 Å². The van der Waals surface area contributed by atoms with Gasteiger partial charge < -0.3 is 15.6 Å². The fraction of sp³-hybridized carbons (Fsp3) is 0.235. The first-order valence-electron chi connectivity index (χ1n) is 7.35. The molecule has 1 aliphatic rings. The molecule has 0 fully saturated rings. The van der Waals surface area contributed by atoms with E-state index in [0.717, 1.165) is 11.8 Å². The predicted octanol–water partition coefficient (Wildman–Crippen LogP) is 1.26. The van der Waals surface area contributed by atoms with Crippen LogP contribution >= 0.6 is 0 Å². The first-order valence-corrected chi connectivity index (χ1v) is 9.24. The van der Waals surface area contributed by atoms with E-state index < -0.39 is 28.2 Å². The molecule has 2 aromatic rings. The lowest BCUT2D eigenvalue weighted by molar-refractivity contribution is 0.0882. The molecule has 3 rings (SSSR count). The molecule has 0 aliphatic carbocycles. The number of sulfone groups is 1. The summed E-state index contributed by atoms with van der Waals surface area (Å²) in [4.78, 5) is 4.55. The quantitative estimate of drug-likeness (QED) is 0.868. The molecule has 0 unspecified atom stereocenters. The summed E-state index contributed by atoms with van der Waals surface area (Å²) in [6.45, 7) is -0.401. The zero-order valence-electron chi connectivity index (χ0n) is 13.1. The van der Waals surface area contributed by atoms with Gasteiger partial charge in [0.2, 0.25) is 5.90 Å². The summed E-state index contributed by atoms with van der Waals surface area (Å²) in [6.07, 6.45) is 0.442. The Bertz CT molecular complexity index is 863. The standard InChI is InChI=1S/C17H18N2O4S/c1-24(21,22)14-9-7-12(8-10-14)15-17(18,11-20)19-16(23-15)13-5-3-2-4-6-13/h2-10,15,20H,11,18H2,1H3/t15-,17+/m0/s1. The van der Waals surface area contributed by atoms with E-state index in [4.69, 9.17) is 10.5 Å². The monoisotopic (exact) mass is 346 g/mol. The van der Waals surface area contributed by atoms with Gasteiger partial charge in [0.1, 0.15) is 0 Å². The summed E-state index contributed by atoms with van der Waals surface area (Å²) in [7, 11) is -3.28. The molecule has 126 valence electrons. The highest BCUT2D eigenvalue weighted by atomic mass is 32.2. The molecule has 1 heterocycles. The second kappa shape index (κ2) is 6.01. The molecule has 6 nitrogen and oxygen atoms in total. The molecule has 0 amide bonds. The van der Waals surface area contributed by atoms with Crippen LogP contribution in [-0.4, -0.2) is 37.9 Å². The third-order valence-corrected chi connectivity index (χ3v) is 5.01. The number of aliphatic hydroxyl groups excluding tert-OH is 1. The Morgan fingerprint density at radius 2 is 1.79 bits per heavy atom. The number of nitrogens with zero attached hydrogens (tertiary/aromatic N) is 1. The van der Waals surface area contributed by atoms with Crippen molar-refractivity contribution in [2.45, 2.75) is 16.7 Å². The van der Waals surface area contributed by atoms with E-state index >= 15 is 0 Å². The molecule has 0 saturated heterocycles.